The maximum Gasteiger partial charge on any atom is 0.152 e. The number of benzene rings is 1. The van der Waals surface area contributed by atoms with Gasteiger partial charge in [0.1, 0.15) is 0 Å². The van der Waals surface area contributed by atoms with Crippen molar-refractivity contribution in [3.05, 3.63) is 47.8 Å². The minimum Gasteiger partial charge on any atom is -0.410 e. The molecule has 1 rings (SSSR count). The molecule has 0 amide bonds. The van der Waals surface area contributed by atoms with Gasteiger partial charge in [0.2, 0.25) is 0 Å². The van der Waals surface area contributed by atoms with Gasteiger partial charge < -0.3 is 4.98 Å². The number of hydrogen-bond donors (Lipinski definition) is 1. The Morgan fingerprint density at radius 2 is 1.79 bits per heavy atom. The number of rotatable bonds is 4. The van der Waals surface area contributed by atoms with Gasteiger partial charge >= 0.3 is 0 Å². The molecule has 0 aliphatic heterocycles. The molecule has 0 heterocycles. The van der Waals surface area contributed by atoms with Crippen molar-refractivity contribution in [3.63, 3.8) is 0 Å². The van der Waals surface area contributed by atoms with Crippen LogP contribution in [0, 0.1) is 0 Å². The molecule has 2 heteroatoms. The summed E-state index contributed by atoms with van der Waals surface area (Å²) in [5.41, 5.74) is 5.95. The minimum atomic E-state index is -1.47. The number of hydrogen-bond acceptors (Lipinski definition) is 1. The van der Waals surface area contributed by atoms with Gasteiger partial charge in [-0.25, -0.2) is 0 Å². The molecular formula is C17H27NSi. The lowest BCUT2D eigenvalue weighted by Crippen LogP contribution is -2.49. The van der Waals surface area contributed by atoms with E-state index in [-0.39, 0.29) is 0 Å². The van der Waals surface area contributed by atoms with Crippen LogP contribution in [0.5, 0.6) is 0 Å². The number of nitrogens with one attached hydrogen (secondary N) is 1. The molecule has 0 aliphatic rings. The highest BCUT2D eigenvalue weighted by Gasteiger charge is 2.34. The zero-order chi connectivity index (χ0) is 14.5. The Morgan fingerprint density at radius 3 is 2.26 bits per heavy atom. The molecule has 0 unspecified atom stereocenters. The summed E-state index contributed by atoms with van der Waals surface area (Å²) in [4.78, 5) is 3.62. The van der Waals surface area contributed by atoms with Crippen molar-refractivity contribution in [2.45, 2.75) is 52.2 Å². The molecule has 19 heavy (non-hydrogen) atoms. The monoisotopic (exact) mass is 273 g/mol. The summed E-state index contributed by atoms with van der Waals surface area (Å²) in [6, 6.07) is 10.5. The van der Waals surface area contributed by atoms with Crippen LogP contribution in [-0.4, -0.2) is 8.24 Å². The van der Waals surface area contributed by atoms with Crippen molar-refractivity contribution in [1.29, 1.82) is 0 Å². The van der Waals surface area contributed by atoms with E-state index in [1.807, 2.05) is 12.3 Å². The maximum atomic E-state index is 3.62. The van der Waals surface area contributed by atoms with Crippen LogP contribution in [0.15, 0.2) is 42.3 Å². The quantitative estimate of drug-likeness (QED) is 0.588. The van der Waals surface area contributed by atoms with E-state index in [0.717, 1.165) is 6.42 Å². The predicted molar refractivity (Wildman–Crippen MR) is 88.6 cm³/mol. The van der Waals surface area contributed by atoms with Gasteiger partial charge in [-0.05, 0) is 17.0 Å². The standard InChI is InChI=1S/C17H27NSi/c1-7-15(16-11-9-8-10-12-16)13-14-18-19(5,6)17(2,3)4/h8-12,14,18H,7H2,1-6H3. The average Bonchev–Trinajstić information content (AvgIpc) is 2.34. The largest absolute Gasteiger partial charge is 0.410 e. The highest BCUT2D eigenvalue weighted by molar-refractivity contribution is 6.78. The van der Waals surface area contributed by atoms with Crippen LogP contribution in [0.4, 0.5) is 0 Å². The first-order chi connectivity index (χ1) is 8.78. The molecule has 0 atom stereocenters. The maximum absolute atomic E-state index is 3.62. The van der Waals surface area contributed by atoms with Crippen molar-refractivity contribution in [3.8, 4) is 0 Å². The van der Waals surface area contributed by atoms with Gasteiger partial charge in [-0.15, -0.1) is 5.73 Å². The van der Waals surface area contributed by atoms with Gasteiger partial charge in [0.15, 0.2) is 8.24 Å². The zero-order valence-corrected chi connectivity index (χ0v) is 14.2. The molecule has 0 aromatic heterocycles. The zero-order valence-electron chi connectivity index (χ0n) is 13.2. The Bertz CT molecular complexity index is 460. The smallest absolute Gasteiger partial charge is 0.152 e. The Hall–Kier alpha value is -1.24. The third-order valence-electron chi connectivity index (χ3n) is 4.03. The molecule has 1 aromatic carbocycles. The Labute approximate surface area is 119 Å². The van der Waals surface area contributed by atoms with Crippen LogP contribution >= 0.6 is 0 Å². The lowest BCUT2D eigenvalue weighted by molar-refractivity contribution is 0.706. The SMILES string of the molecule is CCC(=C=CN[Si](C)(C)C(C)(C)C)c1ccccc1. The third-order valence-corrected chi connectivity index (χ3v) is 8.65. The van der Waals surface area contributed by atoms with E-state index in [4.69, 9.17) is 0 Å². The predicted octanol–water partition coefficient (Wildman–Crippen LogP) is 5.19. The summed E-state index contributed by atoms with van der Waals surface area (Å²) >= 11 is 0. The lowest BCUT2D eigenvalue weighted by atomic mass is 10.1. The van der Waals surface area contributed by atoms with Gasteiger partial charge in [0.25, 0.3) is 0 Å². The summed E-state index contributed by atoms with van der Waals surface area (Å²) in [6.45, 7) is 13.8. The third kappa shape index (κ3) is 4.41. The van der Waals surface area contributed by atoms with E-state index in [2.05, 4.69) is 75.8 Å². The summed E-state index contributed by atoms with van der Waals surface area (Å²) in [7, 11) is -1.47. The first-order valence-corrected chi connectivity index (χ1v) is 10.0. The van der Waals surface area contributed by atoms with E-state index in [0.29, 0.717) is 5.04 Å². The molecule has 1 N–H and O–H groups in total. The fourth-order valence-electron chi connectivity index (χ4n) is 1.55. The normalized spacial score (nSPS) is 11.7. The first kappa shape index (κ1) is 15.8. The van der Waals surface area contributed by atoms with Crippen molar-refractivity contribution in [1.82, 2.24) is 4.98 Å². The molecule has 0 bridgehead atoms. The van der Waals surface area contributed by atoms with Crippen molar-refractivity contribution in [2.24, 2.45) is 0 Å². The molecule has 0 spiro atoms. The lowest BCUT2D eigenvalue weighted by Gasteiger charge is -2.36. The van der Waals surface area contributed by atoms with E-state index in [9.17, 15) is 0 Å². The minimum absolute atomic E-state index is 0.338. The van der Waals surface area contributed by atoms with Crippen LogP contribution in [0.2, 0.25) is 18.1 Å². The van der Waals surface area contributed by atoms with E-state index < -0.39 is 8.24 Å². The second kappa shape index (κ2) is 6.27. The van der Waals surface area contributed by atoms with Gasteiger partial charge in [0.05, 0.1) is 0 Å². The van der Waals surface area contributed by atoms with Crippen molar-refractivity contribution in [2.75, 3.05) is 0 Å². The molecule has 0 saturated carbocycles. The van der Waals surface area contributed by atoms with Crippen LogP contribution in [0.1, 0.15) is 39.7 Å². The highest BCUT2D eigenvalue weighted by Crippen LogP contribution is 2.33. The van der Waals surface area contributed by atoms with Crippen LogP contribution in [0.25, 0.3) is 5.57 Å². The van der Waals surface area contributed by atoms with Gasteiger partial charge in [-0.1, -0.05) is 71.1 Å². The summed E-state index contributed by atoms with van der Waals surface area (Å²) < 4.78 is 0. The van der Waals surface area contributed by atoms with E-state index >= 15 is 0 Å². The van der Waals surface area contributed by atoms with Crippen molar-refractivity contribution < 1.29 is 0 Å². The van der Waals surface area contributed by atoms with Crippen LogP contribution in [-0.2, 0) is 0 Å². The molecule has 104 valence electrons. The average molecular weight is 273 g/mol. The van der Waals surface area contributed by atoms with Crippen molar-refractivity contribution >= 4 is 13.8 Å². The van der Waals surface area contributed by atoms with Crippen LogP contribution in [0.3, 0.4) is 0 Å². The van der Waals surface area contributed by atoms with E-state index in [1.165, 1.54) is 11.1 Å². The molecule has 0 radical (unpaired) electrons. The van der Waals surface area contributed by atoms with E-state index in [1.54, 1.807) is 0 Å². The molecule has 0 aliphatic carbocycles. The van der Waals surface area contributed by atoms with Gasteiger partial charge in [-0.2, -0.15) is 0 Å². The summed E-state index contributed by atoms with van der Waals surface area (Å²) in [6.07, 6.45) is 3.03. The second-order valence-corrected chi connectivity index (χ2v) is 11.5. The molecule has 0 fully saturated rings. The Kier molecular flexibility index (Phi) is 5.22. The summed E-state index contributed by atoms with van der Waals surface area (Å²) in [5, 5.41) is 0.338. The molecule has 1 aromatic rings. The summed E-state index contributed by atoms with van der Waals surface area (Å²) in [5.74, 6) is 0. The fourth-order valence-corrected chi connectivity index (χ4v) is 2.42. The second-order valence-electron chi connectivity index (χ2n) is 6.51. The topological polar surface area (TPSA) is 12.0 Å². The molecule has 0 saturated heterocycles. The molecule has 1 nitrogen and oxygen atoms in total. The van der Waals surface area contributed by atoms with Gasteiger partial charge in [-0.3, -0.25) is 0 Å². The van der Waals surface area contributed by atoms with Gasteiger partial charge in [0, 0.05) is 11.8 Å². The Morgan fingerprint density at radius 1 is 1.21 bits per heavy atom. The van der Waals surface area contributed by atoms with Crippen LogP contribution < -0.4 is 4.98 Å². The molecular weight excluding hydrogens is 246 g/mol. The first-order valence-electron chi connectivity index (χ1n) is 7.05. The highest BCUT2D eigenvalue weighted by atomic mass is 28.3. The fraction of sp³-hybridized carbons (Fsp3) is 0.471. The number of allylic oxidation sites excluding steroid dienone is 1. The Balaban J connectivity index is 2.92.